The number of methoxy groups -OCH3 is 1. The van der Waals surface area contributed by atoms with Crippen molar-refractivity contribution in [2.75, 3.05) is 13.7 Å². The van der Waals surface area contributed by atoms with Crippen molar-refractivity contribution in [1.29, 1.82) is 0 Å². The molecule has 1 aliphatic rings. The molecule has 0 saturated heterocycles. The lowest BCUT2D eigenvalue weighted by Crippen LogP contribution is -2.53. The van der Waals surface area contributed by atoms with E-state index in [1.807, 2.05) is 6.92 Å². The third-order valence-electron chi connectivity index (χ3n) is 4.00. The van der Waals surface area contributed by atoms with Crippen LogP contribution in [0.1, 0.15) is 35.7 Å². The predicted molar refractivity (Wildman–Crippen MR) is 83.7 cm³/mol. The second-order valence-electron chi connectivity index (χ2n) is 5.95. The molecule has 1 fully saturated rings. The van der Waals surface area contributed by atoms with Crippen molar-refractivity contribution < 1.29 is 17.9 Å². The van der Waals surface area contributed by atoms with Crippen LogP contribution in [0.15, 0.2) is 24.3 Å². The summed E-state index contributed by atoms with van der Waals surface area (Å²) in [6, 6.07) is 6.42. The molecule has 1 unspecified atom stereocenters. The molecule has 3 N–H and O–H groups in total. The van der Waals surface area contributed by atoms with Gasteiger partial charge in [0.25, 0.3) is 0 Å². The fraction of sp³-hybridized carbons (Fsp3) is 0.533. The average molecular weight is 326 g/mol. The van der Waals surface area contributed by atoms with E-state index in [1.165, 1.54) is 13.2 Å². The Labute approximate surface area is 131 Å². The van der Waals surface area contributed by atoms with Crippen LogP contribution in [0.3, 0.4) is 0 Å². The number of sulfonamides is 1. The van der Waals surface area contributed by atoms with Gasteiger partial charge in [-0.1, -0.05) is 12.1 Å². The second-order valence-corrected chi connectivity index (χ2v) is 7.67. The summed E-state index contributed by atoms with van der Waals surface area (Å²) in [5.41, 5.74) is 6.01. The van der Waals surface area contributed by atoms with Gasteiger partial charge in [0.1, 0.15) is 0 Å². The van der Waals surface area contributed by atoms with Crippen molar-refractivity contribution in [2.24, 2.45) is 11.7 Å². The Morgan fingerprint density at radius 3 is 2.68 bits per heavy atom. The first-order valence-corrected chi connectivity index (χ1v) is 8.84. The molecule has 1 atom stereocenters. The number of carbonyl (C=O) groups is 1. The maximum atomic E-state index is 12.4. The summed E-state index contributed by atoms with van der Waals surface area (Å²) in [6.45, 7) is 2.10. The Balaban J connectivity index is 2.13. The molecule has 0 spiro atoms. The van der Waals surface area contributed by atoms with E-state index in [2.05, 4.69) is 9.46 Å². The van der Waals surface area contributed by atoms with E-state index >= 15 is 0 Å². The minimum Gasteiger partial charge on any atom is -0.465 e. The molecule has 0 radical (unpaired) electrons. The molecule has 0 bridgehead atoms. The number of hydrogen-bond donors (Lipinski definition) is 2. The maximum absolute atomic E-state index is 12.4. The highest BCUT2D eigenvalue weighted by molar-refractivity contribution is 7.88. The lowest BCUT2D eigenvalue weighted by atomic mass is 9.98. The number of benzene rings is 1. The summed E-state index contributed by atoms with van der Waals surface area (Å²) < 4.78 is 32.1. The van der Waals surface area contributed by atoms with E-state index in [0.29, 0.717) is 17.0 Å². The Bertz CT molecular complexity index is 655. The zero-order valence-electron chi connectivity index (χ0n) is 12.8. The number of rotatable bonds is 7. The monoisotopic (exact) mass is 326 g/mol. The van der Waals surface area contributed by atoms with Crippen LogP contribution >= 0.6 is 0 Å². The molecule has 7 heteroatoms. The smallest absolute Gasteiger partial charge is 0.337 e. The van der Waals surface area contributed by atoms with Gasteiger partial charge in [0, 0.05) is 12.1 Å². The molecule has 2 rings (SSSR count). The summed E-state index contributed by atoms with van der Waals surface area (Å²) >= 11 is 0. The molecule has 122 valence electrons. The fourth-order valence-corrected chi connectivity index (χ4v) is 4.18. The first-order valence-electron chi connectivity index (χ1n) is 7.18. The topological polar surface area (TPSA) is 98.5 Å². The molecule has 22 heavy (non-hydrogen) atoms. The highest BCUT2D eigenvalue weighted by atomic mass is 32.2. The van der Waals surface area contributed by atoms with Gasteiger partial charge in [-0.05, 0) is 43.4 Å². The number of ether oxygens (including phenoxy) is 1. The molecule has 1 aliphatic carbocycles. The van der Waals surface area contributed by atoms with E-state index in [0.717, 1.165) is 12.8 Å². The third kappa shape index (κ3) is 4.06. The van der Waals surface area contributed by atoms with Crippen LogP contribution < -0.4 is 10.5 Å². The Hall–Kier alpha value is -1.44. The quantitative estimate of drug-likeness (QED) is 0.729. The first-order chi connectivity index (χ1) is 10.3. The van der Waals surface area contributed by atoms with Crippen LogP contribution in [0.4, 0.5) is 0 Å². The van der Waals surface area contributed by atoms with E-state index in [-0.39, 0.29) is 12.3 Å². The lowest BCUT2D eigenvalue weighted by Gasteiger charge is -2.29. The molecule has 6 nitrogen and oxygen atoms in total. The standard InChI is InChI=1S/C15H22N2O4S/c1-15(10-16,13-6-7-13)17-22(19,20)9-11-4-3-5-12(8-11)14(18)21-2/h3-5,8,13,17H,6-7,9-10,16H2,1-2H3. The van der Waals surface area contributed by atoms with Crippen molar-refractivity contribution in [2.45, 2.75) is 31.1 Å². The maximum Gasteiger partial charge on any atom is 0.337 e. The van der Waals surface area contributed by atoms with Crippen LogP contribution in [0, 0.1) is 5.92 Å². The Morgan fingerprint density at radius 1 is 1.45 bits per heavy atom. The highest BCUT2D eigenvalue weighted by Gasteiger charge is 2.42. The van der Waals surface area contributed by atoms with Crippen molar-refractivity contribution in [3.05, 3.63) is 35.4 Å². The summed E-state index contributed by atoms with van der Waals surface area (Å²) in [4.78, 5) is 11.5. The van der Waals surface area contributed by atoms with Crippen LogP contribution in [-0.2, 0) is 20.5 Å². The number of hydrogen-bond acceptors (Lipinski definition) is 5. The summed E-state index contributed by atoms with van der Waals surface area (Å²) in [7, 11) is -2.25. The van der Waals surface area contributed by atoms with E-state index < -0.39 is 21.5 Å². The summed E-state index contributed by atoms with van der Waals surface area (Å²) in [6.07, 6.45) is 1.99. The van der Waals surface area contributed by atoms with Crippen molar-refractivity contribution in [3.8, 4) is 0 Å². The molecule has 1 aromatic rings. The SMILES string of the molecule is COC(=O)c1cccc(CS(=O)(=O)NC(C)(CN)C2CC2)c1. The second kappa shape index (κ2) is 6.36. The normalized spacial score (nSPS) is 17.8. The Kier molecular flexibility index (Phi) is 4.89. The van der Waals surface area contributed by atoms with Crippen LogP contribution in [0.2, 0.25) is 0 Å². The number of nitrogens with one attached hydrogen (secondary N) is 1. The molecule has 0 amide bonds. The number of carbonyl (C=O) groups excluding carboxylic acids is 1. The molecule has 0 aliphatic heterocycles. The van der Waals surface area contributed by atoms with Crippen molar-refractivity contribution in [3.63, 3.8) is 0 Å². The molecule has 0 aromatic heterocycles. The van der Waals surface area contributed by atoms with Gasteiger partial charge >= 0.3 is 5.97 Å². The summed E-state index contributed by atoms with van der Waals surface area (Å²) in [5, 5.41) is 0. The molecular formula is C15H22N2O4S. The van der Waals surface area contributed by atoms with Crippen LogP contribution in [-0.4, -0.2) is 33.6 Å². The molecule has 1 aromatic carbocycles. The molecular weight excluding hydrogens is 304 g/mol. The zero-order valence-corrected chi connectivity index (χ0v) is 13.7. The summed E-state index contributed by atoms with van der Waals surface area (Å²) in [5.74, 6) is -0.384. The van der Waals surface area contributed by atoms with Gasteiger partial charge in [-0.2, -0.15) is 0 Å². The van der Waals surface area contributed by atoms with Gasteiger partial charge < -0.3 is 10.5 Å². The number of esters is 1. The van der Waals surface area contributed by atoms with E-state index in [9.17, 15) is 13.2 Å². The predicted octanol–water partition coefficient (Wildman–Crippen LogP) is 1.02. The third-order valence-corrected chi connectivity index (χ3v) is 5.49. The van der Waals surface area contributed by atoms with E-state index in [1.54, 1.807) is 18.2 Å². The van der Waals surface area contributed by atoms with Gasteiger partial charge in [-0.15, -0.1) is 0 Å². The van der Waals surface area contributed by atoms with Gasteiger partial charge in [-0.3, -0.25) is 0 Å². The fourth-order valence-electron chi connectivity index (χ4n) is 2.53. The minimum absolute atomic E-state index is 0.194. The average Bonchev–Trinajstić information content (AvgIpc) is 3.30. The van der Waals surface area contributed by atoms with Gasteiger partial charge in [0.2, 0.25) is 10.0 Å². The van der Waals surface area contributed by atoms with Gasteiger partial charge in [-0.25, -0.2) is 17.9 Å². The zero-order chi connectivity index (χ0) is 16.4. The Morgan fingerprint density at radius 2 is 2.14 bits per heavy atom. The van der Waals surface area contributed by atoms with Gasteiger partial charge in [0.05, 0.1) is 18.4 Å². The molecule has 1 saturated carbocycles. The first kappa shape index (κ1) is 16.9. The van der Waals surface area contributed by atoms with Crippen LogP contribution in [0.25, 0.3) is 0 Å². The minimum atomic E-state index is -3.54. The van der Waals surface area contributed by atoms with Crippen molar-refractivity contribution >= 4 is 16.0 Å². The number of nitrogens with two attached hydrogens (primary N) is 1. The van der Waals surface area contributed by atoms with E-state index in [4.69, 9.17) is 5.73 Å². The largest absolute Gasteiger partial charge is 0.465 e. The molecule has 0 heterocycles. The highest BCUT2D eigenvalue weighted by Crippen LogP contribution is 2.39. The van der Waals surface area contributed by atoms with Crippen LogP contribution in [0.5, 0.6) is 0 Å². The van der Waals surface area contributed by atoms with Crippen molar-refractivity contribution in [1.82, 2.24) is 4.72 Å². The lowest BCUT2D eigenvalue weighted by molar-refractivity contribution is 0.0600. The van der Waals surface area contributed by atoms with Gasteiger partial charge in [0.15, 0.2) is 0 Å².